The zero-order chi connectivity index (χ0) is 19.0. The van der Waals surface area contributed by atoms with Crippen LogP contribution in [0.4, 0.5) is 18.9 Å². The summed E-state index contributed by atoms with van der Waals surface area (Å²) in [7, 11) is 0. The molecule has 9 heteroatoms. The minimum atomic E-state index is -4.72. The molecule has 2 rings (SSSR count). The number of amides is 1. The Morgan fingerprint density at radius 2 is 2.00 bits per heavy atom. The molecule has 1 heterocycles. The number of alkyl halides is 3. The van der Waals surface area contributed by atoms with Gasteiger partial charge in [-0.15, -0.1) is 0 Å². The Hall–Kier alpha value is -2.18. The molecule has 0 radical (unpaired) electrons. The van der Waals surface area contributed by atoms with Crippen molar-refractivity contribution in [3.05, 3.63) is 29.3 Å². The van der Waals surface area contributed by atoms with E-state index in [-0.39, 0.29) is 17.4 Å². The molecule has 0 bridgehead atoms. The second-order valence-corrected chi connectivity index (χ2v) is 6.42. The van der Waals surface area contributed by atoms with Crippen LogP contribution in [0.5, 0.6) is 0 Å². The van der Waals surface area contributed by atoms with Crippen LogP contribution < -0.4 is 4.90 Å². The lowest BCUT2D eigenvalue weighted by Gasteiger charge is -2.29. The largest absolute Gasteiger partial charge is 0.417 e. The monoisotopic (exact) mass is 371 g/mol. The van der Waals surface area contributed by atoms with Gasteiger partial charge in [0, 0.05) is 13.2 Å². The first-order chi connectivity index (χ1) is 11.6. The normalized spacial score (nSPS) is 17.2. The van der Waals surface area contributed by atoms with Crippen molar-refractivity contribution < 1.29 is 23.1 Å². The molecule has 1 aliphatic heterocycles. The first-order valence-corrected chi connectivity index (χ1v) is 7.85. The lowest BCUT2D eigenvalue weighted by molar-refractivity contribution is -0.137. The number of carbonyl (C=O) groups is 1. The molecule has 1 aliphatic rings. The third-order valence-electron chi connectivity index (χ3n) is 4.05. The van der Waals surface area contributed by atoms with Crippen molar-refractivity contribution >= 4 is 28.9 Å². The fourth-order valence-corrected chi connectivity index (χ4v) is 3.18. The maximum atomic E-state index is 13.2. The topological polar surface area (TPSA) is 67.6 Å². The molecule has 1 aromatic carbocycles. The van der Waals surface area contributed by atoms with Gasteiger partial charge in [0.05, 0.1) is 22.9 Å². The van der Waals surface area contributed by atoms with Gasteiger partial charge in [0.1, 0.15) is 5.54 Å². The number of nitrogens with zero attached hydrogens (tertiary/aromatic N) is 3. The summed E-state index contributed by atoms with van der Waals surface area (Å²) < 4.78 is 39.5. The molecular weight excluding hydrogens is 355 g/mol. The van der Waals surface area contributed by atoms with E-state index in [9.17, 15) is 18.0 Å². The van der Waals surface area contributed by atoms with E-state index in [0.29, 0.717) is 13.0 Å². The van der Waals surface area contributed by atoms with Crippen LogP contribution in [0.15, 0.2) is 18.2 Å². The number of halogens is 3. The number of aliphatic hydroxyl groups excluding tert-OH is 1. The highest BCUT2D eigenvalue weighted by atomic mass is 32.1. The van der Waals surface area contributed by atoms with E-state index in [4.69, 9.17) is 22.6 Å². The molecule has 1 N–H and O–H groups in total. The summed E-state index contributed by atoms with van der Waals surface area (Å²) in [4.78, 5) is 15.3. The lowest BCUT2D eigenvalue weighted by atomic mass is 10.0. The summed E-state index contributed by atoms with van der Waals surface area (Å²) >= 11 is 5.28. The van der Waals surface area contributed by atoms with Gasteiger partial charge in [-0.1, -0.05) is 0 Å². The highest BCUT2D eigenvalue weighted by Crippen LogP contribution is 2.37. The summed E-state index contributed by atoms with van der Waals surface area (Å²) in [6.45, 7) is 3.44. The van der Waals surface area contributed by atoms with E-state index in [1.54, 1.807) is 18.7 Å². The van der Waals surface area contributed by atoms with Crippen molar-refractivity contribution in [3.63, 3.8) is 0 Å². The maximum absolute atomic E-state index is 13.2. The van der Waals surface area contributed by atoms with E-state index in [0.717, 1.165) is 17.0 Å². The molecule has 134 valence electrons. The van der Waals surface area contributed by atoms with E-state index >= 15 is 0 Å². The molecular formula is C16H16F3N3O2S. The molecule has 1 saturated heterocycles. The average molecular weight is 371 g/mol. The van der Waals surface area contributed by atoms with Gasteiger partial charge in [0.25, 0.3) is 5.91 Å². The standard InChI is InChI=1S/C16H16F3N3O2S/c1-15(2)13(24)22(14(25)21(15)6-3-7-23)11-5-4-10(9-20)12(8-11)16(17,18)19/h4-5,8,23H,3,6-7H2,1-2H3. The van der Waals surface area contributed by atoms with Crippen LogP contribution in [0.1, 0.15) is 31.4 Å². The number of anilines is 1. The molecule has 25 heavy (non-hydrogen) atoms. The molecule has 0 aromatic heterocycles. The summed E-state index contributed by atoms with van der Waals surface area (Å²) in [5.41, 5.74) is -2.72. The zero-order valence-electron chi connectivity index (χ0n) is 13.6. The van der Waals surface area contributed by atoms with Crippen LogP contribution in [0.25, 0.3) is 0 Å². The fraction of sp³-hybridized carbons (Fsp3) is 0.438. The third-order valence-corrected chi connectivity index (χ3v) is 4.45. The molecule has 1 fully saturated rings. The third kappa shape index (κ3) is 3.32. The molecule has 1 amide bonds. The summed E-state index contributed by atoms with van der Waals surface area (Å²) in [5.74, 6) is -0.465. The van der Waals surface area contributed by atoms with Gasteiger partial charge in [-0.3, -0.25) is 9.69 Å². The van der Waals surface area contributed by atoms with Crippen LogP contribution >= 0.6 is 12.2 Å². The molecule has 5 nitrogen and oxygen atoms in total. The quantitative estimate of drug-likeness (QED) is 0.825. The fourth-order valence-electron chi connectivity index (χ4n) is 2.67. The van der Waals surface area contributed by atoms with E-state index in [1.165, 1.54) is 12.1 Å². The van der Waals surface area contributed by atoms with Gasteiger partial charge in [0.15, 0.2) is 5.11 Å². The molecule has 0 aliphatic carbocycles. The van der Waals surface area contributed by atoms with E-state index in [2.05, 4.69) is 0 Å². The summed E-state index contributed by atoms with van der Waals surface area (Å²) in [5, 5.41) is 17.9. The number of aliphatic hydroxyl groups is 1. The highest BCUT2D eigenvalue weighted by Gasteiger charge is 2.49. The minimum Gasteiger partial charge on any atom is -0.396 e. The average Bonchev–Trinajstić information content (AvgIpc) is 2.70. The van der Waals surface area contributed by atoms with Crippen molar-refractivity contribution in [1.82, 2.24) is 4.90 Å². The maximum Gasteiger partial charge on any atom is 0.417 e. The van der Waals surface area contributed by atoms with Crippen molar-refractivity contribution in [3.8, 4) is 6.07 Å². The molecule has 0 spiro atoms. The molecule has 0 unspecified atom stereocenters. The Morgan fingerprint density at radius 3 is 2.52 bits per heavy atom. The lowest BCUT2D eigenvalue weighted by Crippen LogP contribution is -2.44. The van der Waals surface area contributed by atoms with Gasteiger partial charge in [-0.05, 0) is 50.7 Å². The SMILES string of the molecule is CC1(C)C(=O)N(c2ccc(C#N)c(C(F)(F)F)c2)C(=S)N1CCCO. The highest BCUT2D eigenvalue weighted by molar-refractivity contribution is 7.80. The predicted octanol–water partition coefficient (Wildman–Crippen LogP) is 2.67. The Bertz CT molecular complexity index is 756. The van der Waals surface area contributed by atoms with E-state index in [1.807, 2.05) is 0 Å². The number of carbonyl (C=O) groups excluding carboxylic acids is 1. The smallest absolute Gasteiger partial charge is 0.396 e. The van der Waals surface area contributed by atoms with Crippen LogP contribution in [-0.2, 0) is 11.0 Å². The first-order valence-electron chi connectivity index (χ1n) is 7.44. The second kappa shape index (κ2) is 6.61. The van der Waals surface area contributed by atoms with Gasteiger partial charge >= 0.3 is 6.18 Å². The molecule has 0 saturated carbocycles. The van der Waals surface area contributed by atoms with Crippen molar-refractivity contribution in [2.45, 2.75) is 32.0 Å². The second-order valence-electron chi connectivity index (χ2n) is 6.05. The van der Waals surface area contributed by atoms with Crippen LogP contribution in [0.2, 0.25) is 0 Å². The van der Waals surface area contributed by atoms with Gasteiger partial charge in [-0.25, -0.2) is 0 Å². The van der Waals surface area contributed by atoms with Crippen molar-refractivity contribution in [2.24, 2.45) is 0 Å². The zero-order valence-corrected chi connectivity index (χ0v) is 14.4. The Labute approximate surface area is 148 Å². The molecule has 0 atom stereocenters. The minimum absolute atomic E-state index is 0.0408. The molecule has 1 aromatic rings. The predicted molar refractivity (Wildman–Crippen MR) is 88.7 cm³/mol. The number of nitriles is 1. The van der Waals surface area contributed by atoms with Gasteiger partial charge in [-0.2, -0.15) is 18.4 Å². The number of hydrogen-bond donors (Lipinski definition) is 1. The first kappa shape index (κ1) is 19.1. The summed E-state index contributed by atoms with van der Waals surface area (Å²) in [6, 6.07) is 4.55. The number of benzene rings is 1. The van der Waals surface area contributed by atoms with E-state index < -0.39 is 28.7 Å². The Morgan fingerprint density at radius 1 is 1.36 bits per heavy atom. The number of thiocarbonyl (C=S) groups is 1. The van der Waals surface area contributed by atoms with Gasteiger partial charge in [0.2, 0.25) is 0 Å². The summed E-state index contributed by atoms with van der Waals surface area (Å²) in [6.07, 6.45) is -4.36. The number of rotatable bonds is 4. The number of hydrogen-bond acceptors (Lipinski definition) is 4. The van der Waals surface area contributed by atoms with Crippen molar-refractivity contribution in [2.75, 3.05) is 18.1 Å². The van der Waals surface area contributed by atoms with Crippen LogP contribution in [-0.4, -0.2) is 39.7 Å². The van der Waals surface area contributed by atoms with Crippen molar-refractivity contribution in [1.29, 1.82) is 5.26 Å². The van der Waals surface area contributed by atoms with Crippen LogP contribution in [0, 0.1) is 11.3 Å². The Kier molecular flexibility index (Phi) is 5.06. The Balaban J connectivity index is 2.50. The van der Waals surface area contributed by atoms with Gasteiger partial charge < -0.3 is 10.0 Å². The van der Waals surface area contributed by atoms with Crippen LogP contribution in [0.3, 0.4) is 0 Å².